The molecule has 0 aliphatic carbocycles. The lowest BCUT2D eigenvalue weighted by Crippen LogP contribution is -2.48. The molecule has 6 heteroatoms. The zero-order chi connectivity index (χ0) is 21.1. The SMILES string of the molecule is CCNC(=NCc1ccccc1CN1CCCCCC1)NCC(=O)NC(C)(C)C. The minimum Gasteiger partial charge on any atom is -0.357 e. The van der Waals surface area contributed by atoms with Gasteiger partial charge in [0.2, 0.25) is 5.91 Å². The van der Waals surface area contributed by atoms with Gasteiger partial charge in [0.25, 0.3) is 0 Å². The number of amides is 1. The maximum atomic E-state index is 12.1. The van der Waals surface area contributed by atoms with Crippen LogP contribution in [0.4, 0.5) is 0 Å². The first-order valence-corrected chi connectivity index (χ1v) is 11.0. The van der Waals surface area contributed by atoms with Gasteiger partial charge in [-0.3, -0.25) is 9.69 Å². The van der Waals surface area contributed by atoms with Crippen molar-refractivity contribution in [3.8, 4) is 0 Å². The lowest BCUT2D eigenvalue weighted by molar-refractivity contribution is -0.121. The summed E-state index contributed by atoms with van der Waals surface area (Å²) in [6.45, 7) is 12.9. The van der Waals surface area contributed by atoms with E-state index < -0.39 is 0 Å². The Morgan fingerprint density at radius 3 is 2.31 bits per heavy atom. The van der Waals surface area contributed by atoms with Gasteiger partial charge in [0.05, 0.1) is 13.1 Å². The Kier molecular flexibility index (Phi) is 9.45. The molecule has 1 aliphatic rings. The minimum absolute atomic E-state index is 0.0373. The first kappa shape index (κ1) is 23.2. The Morgan fingerprint density at radius 2 is 1.69 bits per heavy atom. The van der Waals surface area contributed by atoms with Crippen LogP contribution in [0.25, 0.3) is 0 Å². The number of carbonyl (C=O) groups is 1. The fraction of sp³-hybridized carbons (Fsp3) is 0.652. The smallest absolute Gasteiger partial charge is 0.239 e. The summed E-state index contributed by atoms with van der Waals surface area (Å²) >= 11 is 0. The molecule has 29 heavy (non-hydrogen) atoms. The molecule has 162 valence electrons. The predicted octanol–water partition coefficient (Wildman–Crippen LogP) is 3.03. The molecule has 1 aliphatic heterocycles. The Bertz CT molecular complexity index is 657. The molecule has 0 saturated carbocycles. The number of guanidine groups is 1. The van der Waals surface area contributed by atoms with Crippen molar-refractivity contribution in [1.82, 2.24) is 20.9 Å². The van der Waals surface area contributed by atoms with E-state index in [1.807, 2.05) is 27.7 Å². The Labute approximate surface area is 176 Å². The molecule has 0 radical (unpaired) electrons. The number of likely N-dealkylation sites (tertiary alicyclic amines) is 1. The van der Waals surface area contributed by atoms with Crippen LogP contribution in [0.15, 0.2) is 29.3 Å². The Hall–Kier alpha value is -2.08. The standard InChI is InChI=1S/C23H39N5O/c1-5-24-22(26-17-21(29)27-23(2,3)4)25-16-19-12-8-9-13-20(19)18-28-14-10-6-7-11-15-28/h8-9,12-13H,5-7,10-11,14-18H2,1-4H3,(H,27,29)(H2,24,25,26). The third-order valence-corrected chi connectivity index (χ3v) is 4.89. The summed E-state index contributed by atoms with van der Waals surface area (Å²) in [6, 6.07) is 8.56. The van der Waals surface area contributed by atoms with Gasteiger partial charge in [0.1, 0.15) is 0 Å². The zero-order valence-electron chi connectivity index (χ0n) is 18.7. The molecular weight excluding hydrogens is 362 g/mol. The van der Waals surface area contributed by atoms with E-state index in [-0.39, 0.29) is 18.0 Å². The highest BCUT2D eigenvalue weighted by molar-refractivity contribution is 5.86. The number of rotatable bonds is 7. The van der Waals surface area contributed by atoms with Crippen molar-refractivity contribution in [3.05, 3.63) is 35.4 Å². The van der Waals surface area contributed by atoms with Crippen molar-refractivity contribution in [2.24, 2.45) is 4.99 Å². The highest BCUT2D eigenvalue weighted by Gasteiger charge is 2.14. The van der Waals surface area contributed by atoms with Gasteiger partial charge in [-0.2, -0.15) is 0 Å². The number of aliphatic imine (C=N–C) groups is 1. The van der Waals surface area contributed by atoms with E-state index in [0.29, 0.717) is 12.5 Å². The van der Waals surface area contributed by atoms with Crippen molar-refractivity contribution in [3.63, 3.8) is 0 Å². The van der Waals surface area contributed by atoms with Gasteiger partial charge >= 0.3 is 0 Å². The summed E-state index contributed by atoms with van der Waals surface area (Å²) in [5.41, 5.74) is 2.35. The number of nitrogens with one attached hydrogen (secondary N) is 3. The molecular formula is C23H39N5O. The molecule has 6 nitrogen and oxygen atoms in total. The summed E-state index contributed by atoms with van der Waals surface area (Å²) in [5, 5.41) is 9.33. The third-order valence-electron chi connectivity index (χ3n) is 4.89. The second-order valence-corrected chi connectivity index (χ2v) is 8.81. The molecule has 1 amide bonds. The minimum atomic E-state index is -0.236. The third kappa shape index (κ3) is 9.31. The molecule has 1 fully saturated rings. The van der Waals surface area contributed by atoms with Gasteiger partial charge in [-0.15, -0.1) is 0 Å². The molecule has 0 aromatic heterocycles. The van der Waals surface area contributed by atoms with Gasteiger partial charge in [-0.05, 0) is 64.8 Å². The fourth-order valence-electron chi connectivity index (χ4n) is 3.53. The van der Waals surface area contributed by atoms with Crippen LogP contribution in [0, 0.1) is 0 Å². The molecule has 0 bridgehead atoms. The van der Waals surface area contributed by atoms with Gasteiger partial charge < -0.3 is 16.0 Å². The number of carbonyl (C=O) groups excluding carboxylic acids is 1. The molecule has 2 rings (SSSR count). The van der Waals surface area contributed by atoms with Gasteiger partial charge in [-0.1, -0.05) is 37.1 Å². The average Bonchev–Trinajstić information content (AvgIpc) is 2.92. The lowest BCUT2D eigenvalue weighted by Gasteiger charge is -2.22. The highest BCUT2D eigenvalue weighted by Crippen LogP contribution is 2.16. The van der Waals surface area contributed by atoms with Crippen molar-refractivity contribution in [1.29, 1.82) is 0 Å². The van der Waals surface area contributed by atoms with Crippen molar-refractivity contribution in [2.75, 3.05) is 26.2 Å². The number of hydrogen-bond acceptors (Lipinski definition) is 3. The van der Waals surface area contributed by atoms with E-state index in [1.54, 1.807) is 0 Å². The molecule has 1 aromatic carbocycles. The van der Waals surface area contributed by atoms with Gasteiger partial charge in [0, 0.05) is 18.6 Å². The zero-order valence-corrected chi connectivity index (χ0v) is 18.7. The van der Waals surface area contributed by atoms with Crippen LogP contribution in [-0.2, 0) is 17.9 Å². The molecule has 3 N–H and O–H groups in total. The van der Waals surface area contributed by atoms with Crippen LogP contribution in [0.1, 0.15) is 64.5 Å². The summed E-state index contributed by atoms with van der Waals surface area (Å²) in [4.78, 5) is 19.4. The molecule has 1 aromatic rings. The fourth-order valence-corrected chi connectivity index (χ4v) is 3.53. The second-order valence-electron chi connectivity index (χ2n) is 8.81. The second kappa shape index (κ2) is 11.8. The van der Waals surface area contributed by atoms with E-state index in [9.17, 15) is 4.79 Å². The van der Waals surface area contributed by atoms with Crippen molar-refractivity contribution in [2.45, 2.75) is 72.0 Å². The van der Waals surface area contributed by atoms with Crippen LogP contribution in [-0.4, -0.2) is 48.5 Å². The first-order valence-electron chi connectivity index (χ1n) is 11.0. The Balaban J connectivity index is 1.98. The topological polar surface area (TPSA) is 68.8 Å². The van der Waals surface area contributed by atoms with Gasteiger partial charge in [-0.25, -0.2) is 4.99 Å². The predicted molar refractivity (Wildman–Crippen MR) is 121 cm³/mol. The van der Waals surface area contributed by atoms with E-state index in [2.05, 4.69) is 45.1 Å². The first-order chi connectivity index (χ1) is 13.9. The van der Waals surface area contributed by atoms with Crippen molar-refractivity contribution < 1.29 is 4.79 Å². The molecule has 1 saturated heterocycles. The summed E-state index contributed by atoms with van der Waals surface area (Å²) < 4.78 is 0. The van der Waals surface area contributed by atoms with Crippen LogP contribution in [0.3, 0.4) is 0 Å². The monoisotopic (exact) mass is 401 g/mol. The maximum absolute atomic E-state index is 12.1. The number of benzene rings is 1. The van der Waals surface area contributed by atoms with Crippen molar-refractivity contribution >= 4 is 11.9 Å². The lowest BCUT2D eigenvalue weighted by atomic mass is 10.1. The van der Waals surface area contributed by atoms with E-state index in [1.165, 1.54) is 49.9 Å². The maximum Gasteiger partial charge on any atom is 0.239 e. The molecule has 1 heterocycles. The average molecular weight is 402 g/mol. The highest BCUT2D eigenvalue weighted by atomic mass is 16.2. The number of nitrogens with zero attached hydrogens (tertiary/aromatic N) is 2. The van der Waals surface area contributed by atoms with E-state index >= 15 is 0 Å². The normalized spacial score (nSPS) is 16.2. The quantitative estimate of drug-likeness (QED) is 0.485. The van der Waals surface area contributed by atoms with Crippen LogP contribution in [0.5, 0.6) is 0 Å². The molecule has 0 spiro atoms. The summed E-state index contributed by atoms with van der Waals surface area (Å²) in [7, 11) is 0. The summed E-state index contributed by atoms with van der Waals surface area (Å²) in [5.74, 6) is 0.630. The van der Waals surface area contributed by atoms with Crippen LogP contribution >= 0.6 is 0 Å². The van der Waals surface area contributed by atoms with E-state index in [0.717, 1.165) is 13.1 Å². The van der Waals surface area contributed by atoms with E-state index in [4.69, 9.17) is 4.99 Å². The van der Waals surface area contributed by atoms with Crippen LogP contribution in [0.2, 0.25) is 0 Å². The number of hydrogen-bond donors (Lipinski definition) is 3. The Morgan fingerprint density at radius 1 is 1.03 bits per heavy atom. The largest absolute Gasteiger partial charge is 0.357 e. The molecule has 0 unspecified atom stereocenters. The van der Waals surface area contributed by atoms with Gasteiger partial charge in [0.15, 0.2) is 5.96 Å². The molecule has 0 atom stereocenters. The summed E-state index contributed by atoms with van der Waals surface area (Å²) in [6.07, 6.45) is 5.29. The van der Waals surface area contributed by atoms with Crippen LogP contribution < -0.4 is 16.0 Å².